The lowest BCUT2D eigenvalue weighted by molar-refractivity contribution is -0.129. The van der Waals surface area contributed by atoms with Crippen LogP contribution in [-0.4, -0.2) is 49.6 Å². The van der Waals surface area contributed by atoms with Crippen LogP contribution in [0.2, 0.25) is 0 Å². The standard InChI is InChI=1S/C30H29NO6/c1-35-23-13-11-22(12-14-23)28-27(24(32)15-9-20-7-5-4-6-8-20)29(33)30(34)31(28)18-17-21-10-16-25(36-2)26(19-21)37-3/h4-16,19,28,33H,17-18H2,1-3H3/b15-9+/t28-/m0/s1. The number of carbonyl (C=O) groups excluding carboxylic acids is 2. The van der Waals surface area contributed by atoms with Crippen molar-refractivity contribution in [3.63, 3.8) is 0 Å². The lowest BCUT2D eigenvalue weighted by Gasteiger charge is -2.27. The van der Waals surface area contributed by atoms with Crippen molar-refractivity contribution in [1.29, 1.82) is 0 Å². The molecule has 0 bridgehead atoms. The van der Waals surface area contributed by atoms with Crippen molar-refractivity contribution in [2.45, 2.75) is 12.5 Å². The lowest BCUT2D eigenvalue weighted by atomic mass is 9.95. The van der Waals surface area contributed by atoms with Crippen molar-refractivity contribution >= 4 is 17.8 Å². The molecule has 4 rings (SSSR count). The second-order valence-electron chi connectivity index (χ2n) is 8.48. The first-order chi connectivity index (χ1) is 18.0. The number of carbonyl (C=O) groups is 2. The fourth-order valence-corrected chi connectivity index (χ4v) is 4.38. The van der Waals surface area contributed by atoms with Crippen molar-refractivity contribution in [1.82, 2.24) is 4.90 Å². The van der Waals surface area contributed by atoms with Gasteiger partial charge in [0.15, 0.2) is 23.0 Å². The quantitative estimate of drug-likeness (QED) is 0.398. The van der Waals surface area contributed by atoms with Crippen molar-refractivity contribution in [3.8, 4) is 17.2 Å². The predicted molar refractivity (Wildman–Crippen MR) is 141 cm³/mol. The van der Waals surface area contributed by atoms with Gasteiger partial charge in [-0.25, -0.2) is 0 Å². The molecule has 3 aromatic carbocycles. The number of amides is 1. The van der Waals surface area contributed by atoms with E-state index in [1.54, 1.807) is 57.7 Å². The third kappa shape index (κ3) is 5.51. The van der Waals surface area contributed by atoms with E-state index in [0.29, 0.717) is 29.2 Å². The highest BCUT2D eigenvalue weighted by molar-refractivity contribution is 6.14. The zero-order valence-corrected chi connectivity index (χ0v) is 21.0. The van der Waals surface area contributed by atoms with Crippen molar-refractivity contribution in [2.75, 3.05) is 27.9 Å². The molecule has 0 fully saturated rings. The predicted octanol–water partition coefficient (Wildman–Crippen LogP) is 4.93. The molecule has 0 unspecified atom stereocenters. The molecule has 1 heterocycles. The van der Waals surface area contributed by atoms with Crippen LogP contribution in [0.3, 0.4) is 0 Å². The van der Waals surface area contributed by atoms with E-state index in [-0.39, 0.29) is 12.1 Å². The van der Waals surface area contributed by atoms with Crippen molar-refractivity contribution in [2.24, 2.45) is 0 Å². The number of benzene rings is 3. The van der Waals surface area contributed by atoms with E-state index in [2.05, 4.69) is 0 Å². The van der Waals surface area contributed by atoms with Crippen LogP contribution in [0.5, 0.6) is 17.2 Å². The van der Waals surface area contributed by atoms with Crippen LogP contribution < -0.4 is 14.2 Å². The van der Waals surface area contributed by atoms with Crippen LogP contribution in [0.1, 0.15) is 22.7 Å². The normalized spacial score (nSPS) is 15.4. The van der Waals surface area contributed by atoms with E-state index in [1.807, 2.05) is 42.5 Å². The van der Waals surface area contributed by atoms with Crippen LogP contribution in [0.15, 0.2) is 90.2 Å². The zero-order valence-electron chi connectivity index (χ0n) is 21.0. The zero-order chi connectivity index (χ0) is 26.4. The summed E-state index contributed by atoms with van der Waals surface area (Å²) < 4.78 is 16.0. The van der Waals surface area contributed by atoms with E-state index >= 15 is 0 Å². The van der Waals surface area contributed by atoms with Gasteiger partial charge in [0.25, 0.3) is 5.91 Å². The lowest BCUT2D eigenvalue weighted by Crippen LogP contribution is -2.33. The van der Waals surface area contributed by atoms with E-state index in [0.717, 1.165) is 11.1 Å². The third-order valence-corrected chi connectivity index (χ3v) is 6.32. The van der Waals surface area contributed by atoms with Gasteiger partial charge in [-0.15, -0.1) is 0 Å². The Bertz CT molecular complexity index is 1330. The minimum absolute atomic E-state index is 0.0506. The van der Waals surface area contributed by atoms with E-state index in [1.165, 1.54) is 11.0 Å². The number of allylic oxidation sites excluding steroid dienone is 1. The number of nitrogens with zero attached hydrogens (tertiary/aromatic N) is 1. The summed E-state index contributed by atoms with van der Waals surface area (Å²) in [5.41, 5.74) is 2.50. The SMILES string of the molecule is COc1ccc([C@H]2C(C(=O)/C=C/c3ccccc3)=C(O)C(=O)N2CCc2ccc(OC)c(OC)c2)cc1. The number of hydrogen-bond acceptors (Lipinski definition) is 6. The van der Waals surface area contributed by atoms with Gasteiger partial charge in [-0.3, -0.25) is 9.59 Å². The Kier molecular flexibility index (Phi) is 7.93. The summed E-state index contributed by atoms with van der Waals surface area (Å²) in [4.78, 5) is 28.1. The Hall–Kier alpha value is -4.52. The van der Waals surface area contributed by atoms with Gasteiger partial charge in [-0.2, -0.15) is 0 Å². The molecule has 1 aliphatic heterocycles. The van der Waals surface area contributed by atoms with E-state index < -0.39 is 23.5 Å². The number of aliphatic hydroxyl groups is 1. The molecule has 0 aliphatic carbocycles. The minimum Gasteiger partial charge on any atom is -0.503 e. The minimum atomic E-state index is -0.744. The summed E-state index contributed by atoms with van der Waals surface area (Å²) in [6.45, 7) is 0.272. The molecule has 7 nitrogen and oxygen atoms in total. The molecular formula is C30H29NO6. The molecule has 0 saturated heterocycles. The Morgan fingerprint density at radius 1 is 0.919 bits per heavy atom. The van der Waals surface area contributed by atoms with Crippen LogP contribution in [-0.2, 0) is 16.0 Å². The summed E-state index contributed by atoms with van der Waals surface area (Å²) in [5.74, 6) is 0.298. The molecule has 7 heteroatoms. The highest BCUT2D eigenvalue weighted by Crippen LogP contribution is 2.39. The fraction of sp³-hybridized carbons (Fsp3) is 0.200. The molecule has 37 heavy (non-hydrogen) atoms. The number of ether oxygens (including phenoxy) is 3. The van der Waals surface area contributed by atoms with Gasteiger partial charge >= 0.3 is 0 Å². The maximum atomic E-state index is 13.3. The molecule has 1 N–H and O–H groups in total. The second kappa shape index (κ2) is 11.5. The number of methoxy groups -OCH3 is 3. The molecule has 0 radical (unpaired) electrons. The Morgan fingerprint density at radius 2 is 1.62 bits per heavy atom. The number of aliphatic hydroxyl groups excluding tert-OH is 1. The summed E-state index contributed by atoms with van der Waals surface area (Å²) in [6, 6.07) is 21.3. The fourth-order valence-electron chi connectivity index (χ4n) is 4.38. The topological polar surface area (TPSA) is 85.3 Å². The Morgan fingerprint density at radius 3 is 2.27 bits per heavy atom. The number of ketones is 1. The van der Waals surface area contributed by atoms with Crippen molar-refractivity contribution in [3.05, 3.63) is 107 Å². The van der Waals surface area contributed by atoms with Crippen LogP contribution in [0.4, 0.5) is 0 Å². The maximum Gasteiger partial charge on any atom is 0.290 e. The summed E-state index contributed by atoms with van der Waals surface area (Å²) in [5, 5.41) is 10.8. The van der Waals surface area contributed by atoms with Gasteiger partial charge in [0.05, 0.1) is 32.9 Å². The Labute approximate surface area is 216 Å². The first kappa shape index (κ1) is 25.6. The van der Waals surface area contributed by atoms with Gasteiger partial charge in [0, 0.05) is 6.54 Å². The first-order valence-corrected chi connectivity index (χ1v) is 11.8. The second-order valence-corrected chi connectivity index (χ2v) is 8.48. The largest absolute Gasteiger partial charge is 0.503 e. The highest BCUT2D eigenvalue weighted by atomic mass is 16.5. The van der Waals surface area contributed by atoms with Gasteiger partial charge in [0.2, 0.25) is 0 Å². The summed E-state index contributed by atoms with van der Waals surface area (Å²) in [6.07, 6.45) is 3.54. The third-order valence-electron chi connectivity index (χ3n) is 6.32. The molecule has 3 aromatic rings. The van der Waals surface area contributed by atoms with Crippen LogP contribution in [0.25, 0.3) is 6.08 Å². The summed E-state index contributed by atoms with van der Waals surface area (Å²) >= 11 is 0. The molecule has 0 saturated carbocycles. The average Bonchev–Trinajstić information content (AvgIpc) is 3.20. The Balaban J connectivity index is 1.65. The van der Waals surface area contributed by atoms with Crippen LogP contribution in [0, 0.1) is 0 Å². The van der Waals surface area contributed by atoms with Crippen LogP contribution >= 0.6 is 0 Å². The van der Waals surface area contributed by atoms with Gasteiger partial charge in [0.1, 0.15) is 5.75 Å². The molecule has 0 aromatic heterocycles. The van der Waals surface area contributed by atoms with E-state index in [9.17, 15) is 14.7 Å². The van der Waals surface area contributed by atoms with Gasteiger partial charge in [-0.1, -0.05) is 54.6 Å². The average molecular weight is 500 g/mol. The highest BCUT2D eigenvalue weighted by Gasteiger charge is 2.42. The molecular weight excluding hydrogens is 470 g/mol. The summed E-state index contributed by atoms with van der Waals surface area (Å²) in [7, 11) is 4.70. The molecule has 1 amide bonds. The van der Waals surface area contributed by atoms with E-state index in [4.69, 9.17) is 14.2 Å². The van der Waals surface area contributed by atoms with Crippen molar-refractivity contribution < 1.29 is 28.9 Å². The molecule has 1 atom stereocenters. The molecule has 0 spiro atoms. The first-order valence-electron chi connectivity index (χ1n) is 11.8. The maximum absolute atomic E-state index is 13.3. The number of hydrogen-bond donors (Lipinski definition) is 1. The molecule has 1 aliphatic rings. The smallest absolute Gasteiger partial charge is 0.290 e. The number of rotatable bonds is 10. The molecule has 190 valence electrons. The monoisotopic (exact) mass is 499 g/mol. The van der Waals surface area contributed by atoms with Gasteiger partial charge in [-0.05, 0) is 53.5 Å². The van der Waals surface area contributed by atoms with Gasteiger partial charge < -0.3 is 24.2 Å².